The molecule has 29 heavy (non-hydrogen) atoms. The molecule has 1 N–H and O–H groups in total. The van der Waals surface area contributed by atoms with Crippen molar-refractivity contribution in [3.05, 3.63) is 61.5 Å². The molecule has 10 heteroatoms. The number of carbonyl (C=O) groups is 3. The van der Waals surface area contributed by atoms with Gasteiger partial charge in [0, 0.05) is 23.3 Å². The number of amides is 1. The minimum atomic E-state index is -0.594. The van der Waals surface area contributed by atoms with E-state index in [-0.39, 0.29) is 33.5 Å². The third kappa shape index (κ3) is 4.06. The topological polar surface area (TPSA) is 116 Å². The van der Waals surface area contributed by atoms with E-state index in [0.717, 1.165) is 11.3 Å². The Kier molecular flexibility index (Phi) is 6.09. The summed E-state index contributed by atoms with van der Waals surface area (Å²) >= 11 is 7.40. The van der Waals surface area contributed by atoms with Gasteiger partial charge in [-0.25, -0.2) is 4.79 Å². The SMILES string of the molecule is CCOC(=O)c1c(NC(=O)c2ccc([N+](=O)[O-])cc2)sc2c1CCC(C=O)=C2Cl. The Balaban J connectivity index is 1.99. The van der Waals surface area contributed by atoms with E-state index in [1.54, 1.807) is 6.92 Å². The summed E-state index contributed by atoms with van der Waals surface area (Å²) in [6, 6.07) is 5.08. The van der Waals surface area contributed by atoms with Crippen molar-refractivity contribution in [2.24, 2.45) is 0 Å². The Morgan fingerprint density at radius 1 is 1.31 bits per heavy atom. The summed E-state index contributed by atoms with van der Waals surface area (Å²) < 4.78 is 5.12. The number of nitrogens with zero attached hydrogens (tertiary/aromatic N) is 1. The Hall–Kier alpha value is -3.04. The van der Waals surface area contributed by atoms with Crippen LogP contribution in [-0.4, -0.2) is 29.7 Å². The normalized spacial score (nSPS) is 12.9. The number of halogens is 1. The van der Waals surface area contributed by atoms with Crippen LogP contribution >= 0.6 is 22.9 Å². The first-order valence-electron chi connectivity index (χ1n) is 8.60. The summed E-state index contributed by atoms with van der Waals surface area (Å²) in [7, 11) is 0. The average molecular weight is 435 g/mol. The van der Waals surface area contributed by atoms with Crippen molar-refractivity contribution in [1.29, 1.82) is 0 Å². The van der Waals surface area contributed by atoms with Gasteiger partial charge < -0.3 is 10.1 Å². The molecule has 1 aliphatic rings. The van der Waals surface area contributed by atoms with E-state index >= 15 is 0 Å². The molecule has 0 atom stereocenters. The lowest BCUT2D eigenvalue weighted by Gasteiger charge is -2.14. The molecule has 0 aliphatic heterocycles. The number of anilines is 1. The van der Waals surface area contributed by atoms with E-state index in [0.29, 0.717) is 35.1 Å². The maximum atomic E-state index is 12.6. The number of rotatable bonds is 6. The van der Waals surface area contributed by atoms with Crippen molar-refractivity contribution in [1.82, 2.24) is 0 Å². The van der Waals surface area contributed by atoms with Crippen LogP contribution in [0.5, 0.6) is 0 Å². The van der Waals surface area contributed by atoms with E-state index < -0.39 is 16.8 Å². The number of carbonyl (C=O) groups excluding carboxylic acids is 3. The van der Waals surface area contributed by atoms with E-state index in [1.807, 2.05) is 0 Å². The molecule has 0 bridgehead atoms. The van der Waals surface area contributed by atoms with E-state index in [1.165, 1.54) is 24.3 Å². The fourth-order valence-electron chi connectivity index (χ4n) is 2.92. The summed E-state index contributed by atoms with van der Waals surface area (Å²) in [6.07, 6.45) is 1.48. The summed E-state index contributed by atoms with van der Waals surface area (Å²) in [6.45, 7) is 1.82. The van der Waals surface area contributed by atoms with Crippen LogP contribution in [0.3, 0.4) is 0 Å². The van der Waals surface area contributed by atoms with E-state index in [9.17, 15) is 24.5 Å². The highest BCUT2D eigenvalue weighted by atomic mass is 35.5. The number of nitrogens with one attached hydrogen (secondary N) is 1. The minimum Gasteiger partial charge on any atom is -0.462 e. The molecule has 0 saturated heterocycles. The summed E-state index contributed by atoms with van der Waals surface area (Å²) in [5.41, 5.74) is 1.32. The highest BCUT2D eigenvalue weighted by Gasteiger charge is 2.30. The zero-order valence-electron chi connectivity index (χ0n) is 15.2. The quantitative estimate of drug-likeness (QED) is 0.315. The molecular weight excluding hydrogens is 420 g/mol. The zero-order valence-corrected chi connectivity index (χ0v) is 16.8. The van der Waals surface area contributed by atoms with Crippen LogP contribution in [0.2, 0.25) is 0 Å². The number of thiophene rings is 1. The highest BCUT2D eigenvalue weighted by Crippen LogP contribution is 2.44. The molecule has 3 rings (SSSR count). The second-order valence-electron chi connectivity index (χ2n) is 6.05. The predicted octanol–water partition coefficient (Wildman–Crippen LogP) is 4.18. The van der Waals surface area contributed by atoms with E-state index in [2.05, 4.69) is 5.32 Å². The van der Waals surface area contributed by atoms with Gasteiger partial charge in [-0.3, -0.25) is 19.7 Å². The number of esters is 1. The van der Waals surface area contributed by atoms with E-state index in [4.69, 9.17) is 16.3 Å². The standard InChI is InChI=1S/C19H15ClN2O6S/c1-2-28-19(25)14-13-8-5-11(9-23)15(20)16(13)29-18(14)21-17(24)10-3-6-12(7-4-10)22(26)27/h3-4,6-7,9H,2,5,8H2,1H3,(H,21,24). The van der Waals surface area contributed by atoms with Gasteiger partial charge in [0.25, 0.3) is 11.6 Å². The van der Waals surface area contributed by atoms with Crippen molar-refractivity contribution in [2.75, 3.05) is 11.9 Å². The monoisotopic (exact) mass is 434 g/mol. The van der Waals surface area contributed by atoms with Gasteiger partial charge in [0.15, 0.2) is 0 Å². The molecule has 0 radical (unpaired) electrons. The number of hydrogen-bond acceptors (Lipinski definition) is 7. The second kappa shape index (κ2) is 8.54. The van der Waals surface area contributed by atoms with Crippen LogP contribution in [0.25, 0.3) is 5.03 Å². The molecule has 1 aromatic heterocycles. The Labute approximate surface area is 174 Å². The van der Waals surface area contributed by atoms with Crippen LogP contribution < -0.4 is 5.32 Å². The number of benzene rings is 1. The molecule has 0 saturated carbocycles. The molecule has 1 heterocycles. The summed E-state index contributed by atoms with van der Waals surface area (Å²) in [5, 5.41) is 13.9. The van der Waals surface area contributed by atoms with Crippen molar-refractivity contribution in [3.8, 4) is 0 Å². The third-order valence-electron chi connectivity index (χ3n) is 4.32. The highest BCUT2D eigenvalue weighted by molar-refractivity contribution is 7.18. The fourth-order valence-corrected chi connectivity index (χ4v) is 4.50. The number of hydrogen-bond donors (Lipinski definition) is 1. The largest absolute Gasteiger partial charge is 0.462 e. The minimum absolute atomic E-state index is 0.140. The zero-order chi connectivity index (χ0) is 21.1. The van der Waals surface area contributed by atoms with Gasteiger partial charge in [-0.05, 0) is 37.5 Å². The Bertz CT molecular complexity index is 1040. The van der Waals surface area contributed by atoms with Crippen molar-refractivity contribution >= 4 is 56.8 Å². The predicted molar refractivity (Wildman–Crippen MR) is 108 cm³/mol. The molecule has 8 nitrogen and oxygen atoms in total. The Morgan fingerprint density at radius 3 is 2.59 bits per heavy atom. The van der Waals surface area contributed by atoms with Gasteiger partial charge in [0.1, 0.15) is 11.3 Å². The number of ether oxygens (including phenoxy) is 1. The van der Waals surface area contributed by atoms with Crippen LogP contribution in [0.4, 0.5) is 10.7 Å². The molecule has 1 aliphatic carbocycles. The average Bonchev–Trinajstić information content (AvgIpc) is 3.07. The van der Waals surface area contributed by atoms with Crippen LogP contribution in [0, 0.1) is 10.1 Å². The number of aldehydes is 1. The van der Waals surface area contributed by atoms with Gasteiger partial charge in [-0.1, -0.05) is 11.6 Å². The molecule has 0 unspecified atom stereocenters. The molecule has 0 fully saturated rings. The lowest BCUT2D eigenvalue weighted by atomic mass is 9.95. The summed E-state index contributed by atoms with van der Waals surface area (Å²) in [5.74, 6) is -1.14. The van der Waals surface area contributed by atoms with Crippen molar-refractivity contribution < 1.29 is 24.0 Å². The van der Waals surface area contributed by atoms with Crippen LogP contribution in [-0.2, 0) is 16.0 Å². The molecule has 0 spiro atoms. The first-order valence-corrected chi connectivity index (χ1v) is 9.79. The third-order valence-corrected chi connectivity index (χ3v) is 6.03. The second-order valence-corrected chi connectivity index (χ2v) is 7.45. The number of non-ortho nitro benzene ring substituents is 1. The smallest absolute Gasteiger partial charge is 0.341 e. The van der Waals surface area contributed by atoms with Crippen LogP contribution in [0.1, 0.15) is 44.5 Å². The fraction of sp³-hybridized carbons (Fsp3) is 0.211. The molecule has 150 valence electrons. The maximum absolute atomic E-state index is 12.6. The molecule has 1 aromatic carbocycles. The van der Waals surface area contributed by atoms with Crippen LogP contribution in [0.15, 0.2) is 29.8 Å². The maximum Gasteiger partial charge on any atom is 0.341 e. The first kappa shape index (κ1) is 20.7. The number of fused-ring (bicyclic) bond motifs is 1. The number of nitro groups is 1. The molecule has 1 amide bonds. The molecular formula is C19H15ClN2O6S. The van der Waals surface area contributed by atoms with Gasteiger partial charge in [-0.15, -0.1) is 11.3 Å². The van der Waals surface area contributed by atoms with Gasteiger partial charge >= 0.3 is 5.97 Å². The lowest BCUT2D eigenvalue weighted by Crippen LogP contribution is -2.15. The van der Waals surface area contributed by atoms with Crippen molar-refractivity contribution in [2.45, 2.75) is 19.8 Å². The van der Waals surface area contributed by atoms with Gasteiger partial charge in [-0.2, -0.15) is 0 Å². The summed E-state index contributed by atoms with van der Waals surface area (Å²) in [4.78, 5) is 47.1. The molecule has 2 aromatic rings. The number of allylic oxidation sites excluding steroid dienone is 1. The van der Waals surface area contributed by atoms with Gasteiger partial charge in [0.2, 0.25) is 0 Å². The first-order chi connectivity index (χ1) is 13.9. The number of nitro benzene ring substituents is 1. The van der Waals surface area contributed by atoms with Crippen molar-refractivity contribution in [3.63, 3.8) is 0 Å². The Morgan fingerprint density at radius 2 is 2.00 bits per heavy atom. The lowest BCUT2D eigenvalue weighted by molar-refractivity contribution is -0.384. The van der Waals surface area contributed by atoms with Gasteiger partial charge in [0.05, 0.1) is 27.0 Å².